The first-order chi connectivity index (χ1) is 10.4. The van der Waals surface area contributed by atoms with E-state index in [4.69, 9.17) is 0 Å². The lowest BCUT2D eigenvalue weighted by Gasteiger charge is -2.30. The molecule has 1 aliphatic carbocycles. The molecule has 110 valence electrons. The number of piperidine rings is 1. The monoisotopic (exact) mass is 281 g/mol. The highest BCUT2D eigenvalue weighted by Gasteiger charge is 2.25. The second-order valence-electron chi connectivity index (χ2n) is 6.42. The molecule has 2 aliphatic rings. The van der Waals surface area contributed by atoms with Crippen molar-refractivity contribution in [3.05, 3.63) is 53.6 Å². The molecular weight excluding hydrogens is 258 g/mol. The lowest BCUT2D eigenvalue weighted by atomic mass is 9.87. The van der Waals surface area contributed by atoms with E-state index in [9.17, 15) is 0 Å². The molecule has 3 nitrogen and oxygen atoms in total. The third kappa shape index (κ3) is 2.51. The summed E-state index contributed by atoms with van der Waals surface area (Å²) in [6, 6.07) is 9.50. The summed E-state index contributed by atoms with van der Waals surface area (Å²) >= 11 is 0. The van der Waals surface area contributed by atoms with Crippen LogP contribution in [0.1, 0.15) is 48.0 Å². The minimum Gasteiger partial charge on any atom is -0.331 e. The van der Waals surface area contributed by atoms with Gasteiger partial charge in [0.25, 0.3) is 0 Å². The molecule has 1 aromatic carbocycles. The predicted octanol–water partition coefficient (Wildman–Crippen LogP) is 3.08. The topological polar surface area (TPSA) is 29.9 Å². The van der Waals surface area contributed by atoms with Gasteiger partial charge in [0.05, 0.1) is 6.33 Å². The van der Waals surface area contributed by atoms with Crippen LogP contribution in [-0.2, 0) is 12.8 Å². The van der Waals surface area contributed by atoms with Gasteiger partial charge in [-0.2, -0.15) is 0 Å². The molecule has 1 aliphatic heterocycles. The normalized spacial score (nSPS) is 23.0. The van der Waals surface area contributed by atoms with E-state index in [1.54, 1.807) is 0 Å². The Bertz CT molecular complexity index is 610. The van der Waals surface area contributed by atoms with Crippen LogP contribution in [0.25, 0.3) is 0 Å². The van der Waals surface area contributed by atoms with Gasteiger partial charge in [-0.25, -0.2) is 4.98 Å². The third-order valence-electron chi connectivity index (χ3n) is 5.17. The standard InChI is InChI=1S/C18H23N3/c1-2-4-16-11-17(6-5-14(16)3-1)21-13-20-12-18(21)15-7-9-19-10-8-15/h1-4,12-13,15,17,19H,5-11H2. The lowest BCUT2D eigenvalue weighted by Crippen LogP contribution is -2.29. The summed E-state index contributed by atoms with van der Waals surface area (Å²) in [5.74, 6) is 0.686. The van der Waals surface area contributed by atoms with Gasteiger partial charge in [-0.1, -0.05) is 24.3 Å². The van der Waals surface area contributed by atoms with Crippen molar-refractivity contribution in [2.45, 2.75) is 44.1 Å². The highest BCUT2D eigenvalue weighted by molar-refractivity contribution is 5.30. The minimum atomic E-state index is 0.590. The van der Waals surface area contributed by atoms with E-state index in [0.717, 1.165) is 19.5 Å². The van der Waals surface area contributed by atoms with Crippen LogP contribution in [-0.4, -0.2) is 22.6 Å². The first-order valence-electron chi connectivity index (χ1n) is 8.21. The lowest BCUT2D eigenvalue weighted by molar-refractivity contribution is 0.390. The van der Waals surface area contributed by atoms with E-state index in [0.29, 0.717) is 12.0 Å². The molecule has 0 amide bonds. The molecule has 0 bridgehead atoms. The molecule has 3 heteroatoms. The average molecular weight is 281 g/mol. The molecule has 1 unspecified atom stereocenters. The second kappa shape index (κ2) is 5.64. The summed E-state index contributed by atoms with van der Waals surface area (Å²) < 4.78 is 2.48. The van der Waals surface area contributed by atoms with Crippen molar-refractivity contribution in [1.29, 1.82) is 0 Å². The molecule has 1 fully saturated rings. The fourth-order valence-corrected chi connectivity index (χ4v) is 3.97. The number of benzene rings is 1. The van der Waals surface area contributed by atoms with Crippen molar-refractivity contribution in [1.82, 2.24) is 14.9 Å². The Morgan fingerprint density at radius 2 is 1.86 bits per heavy atom. The van der Waals surface area contributed by atoms with Gasteiger partial charge in [-0.05, 0) is 56.3 Å². The van der Waals surface area contributed by atoms with Gasteiger partial charge in [-0.15, -0.1) is 0 Å². The van der Waals surface area contributed by atoms with Gasteiger partial charge < -0.3 is 9.88 Å². The van der Waals surface area contributed by atoms with Crippen molar-refractivity contribution in [3.63, 3.8) is 0 Å². The molecule has 1 N–H and O–H groups in total. The summed E-state index contributed by atoms with van der Waals surface area (Å²) in [5.41, 5.74) is 4.52. The SMILES string of the molecule is c1ccc2c(c1)CCC(n1cncc1C1CCNCC1)C2. The number of fused-ring (bicyclic) bond motifs is 1. The largest absolute Gasteiger partial charge is 0.331 e. The van der Waals surface area contributed by atoms with Crippen LogP contribution in [0.4, 0.5) is 0 Å². The molecule has 1 saturated heterocycles. The third-order valence-corrected chi connectivity index (χ3v) is 5.17. The summed E-state index contributed by atoms with van der Waals surface area (Å²) in [7, 11) is 0. The highest BCUT2D eigenvalue weighted by Crippen LogP contribution is 2.33. The quantitative estimate of drug-likeness (QED) is 0.917. The number of nitrogens with zero attached hydrogens (tertiary/aromatic N) is 2. The molecule has 2 heterocycles. The number of nitrogens with one attached hydrogen (secondary N) is 1. The van der Waals surface area contributed by atoms with Crippen LogP contribution in [0.15, 0.2) is 36.8 Å². The number of rotatable bonds is 2. The van der Waals surface area contributed by atoms with E-state index in [1.807, 2.05) is 0 Å². The number of aryl methyl sites for hydroxylation is 1. The number of imidazole rings is 1. The summed E-state index contributed by atoms with van der Waals surface area (Å²) in [4.78, 5) is 4.47. The molecular formula is C18H23N3. The second-order valence-corrected chi connectivity index (χ2v) is 6.42. The predicted molar refractivity (Wildman–Crippen MR) is 84.6 cm³/mol. The molecule has 1 atom stereocenters. The molecule has 0 spiro atoms. The van der Waals surface area contributed by atoms with Gasteiger partial charge in [0.15, 0.2) is 0 Å². The molecule has 0 radical (unpaired) electrons. The van der Waals surface area contributed by atoms with Crippen molar-refractivity contribution in [3.8, 4) is 0 Å². The Labute approximate surface area is 126 Å². The Balaban J connectivity index is 1.59. The zero-order valence-electron chi connectivity index (χ0n) is 12.5. The van der Waals surface area contributed by atoms with Crippen molar-refractivity contribution >= 4 is 0 Å². The number of hydrogen-bond acceptors (Lipinski definition) is 2. The van der Waals surface area contributed by atoms with Gasteiger partial charge >= 0.3 is 0 Å². The highest BCUT2D eigenvalue weighted by atomic mass is 15.1. The Hall–Kier alpha value is -1.61. The summed E-state index contributed by atoms with van der Waals surface area (Å²) in [6.45, 7) is 2.28. The fourth-order valence-electron chi connectivity index (χ4n) is 3.97. The van der Waals surface area contributed by atoms with Gasteiger partial charge in [0, 0.05) is 23.9 Å². The Kier molecular flexibility index (Phi) is 3.52. The van der Waals surface area contributed by atoms with Gasteiger partial charge in [0.1, 0.15) is 0 Å². The van der Waals surface area contributed by atoms with Gasteiger partial charge in [0.2, 0.25) is 0 Å². The maximum atomic E-state index is 4.47. The van der Waals surface area contributed by atoms with Crippen LogP contribution in [0, 0.1) is 0 Å². The van der Waals surface area contributed by atoms with Crippen LogP contribution in [0.5, 0.6) is 0 Å². The van der Waals surface area contributed by atoms with Crippen LogP contribution in [0.2, 0.25) is 0 Å². The minimum absolute atomic E-state index is 0.590. The molecule has 2 aromatic rings. The fraction of sp³-hybridized carbons (Fsp3) is 0.500. The van der Waals surface area contributed by atoms with Crippen LogP contribution >= 0.6 is 0 Å². The maximum Gasteiger partial charge on any atom is 0.0950 e. The Morgan fingerprint density at radius 1 is 1.05 bits per heavy atom. The first kappa shape index (κ1) is 13.1. The maximum absolute atomic E-state index is 4.47. The van der Waals surface area contributed by atoms with E-state index in [2.05, 4.69) is 51.7 Å². The zero-order chi connectivity index (χ0) is 14.1. The van der Waals surface area contributed by atoms with E-state index < -0.39 is 0 Å². The average Bonchev–Trinajstić information content (AvgIpc) is 3.05. The summed E-state index contributed by atoms with van der Waals surface area (Å²) in [6.07, 6.45) is 10.3. The van der Waals surface area contributed by atoms with Crippen molar-refractivity contribution in [2.75, 3.05) is 13.1 Å². The first-order valence-corrected chi connectivity index (χ1v) is 8.21. The Morgan fingerprint density at radius 3 is 2.71 bits per heavy atom. The number of hydrogen-bond donors (Lipinski definition) is 1. The zero-order valence-corrected chi connectivity index (χ0v) is 12.5. The molecule has 21 heavy (non-hydrogen) atoms. The smallest absolute Gasteiger partial charge is 0.0950 e. The molecule has 4 rings (SSSR count). The van der Waals surface area contributed by atoms with Crippen molar-refractivity contribution < 1.29 is 0 Å². The van der Waals surface area contributed by atoms with E-state index in [-0.39, 0.29) is 0 Å². The summed E-state index contributed by atoms with van der Waals surface area (Å²) in [5, 5.41) is 3.46. The van der Waals surface area contributed by atoms with E-state index in [1.165, 1.54) is 42.5 Å². The van der Waals surface area contributed by atoms with Crippen LogP contribution in [0.3, 0.4) is 0 Å². The van der Waals surface area contributed by atoms with Gasteiger partial charge in [-0.3, -0.25) is 0 Å². The molecule has 0 saturated carbocycles. The number of aromatic nitrogens is 2. The molecule has 1 aromatic heterocycles. The van der Waals surface area contributed by atoms with Crippen molar-refractivity contribution in [2.24, 2.45) is 0 Å². The van der Waals surface area contributed by atoms with Crippen LogP contribution < -0.4 is 5.32 Å². The van der Waals surface area contributed by atoms with E-state index >= 15 is 0 Å².